The minimum absolute atomic E-state index is 0.0869. The van der Waals surface area contributed by atoms with Crippen LogP contribution in [0, 0.1) is 0 Å². The molecule has 0 radical (unpaired) electrons. The maximum absolute atomic E-state index is 12.1. The van der Waals surface area contributed by atoms with E-state index in [1.165, 1.54) is 28.7 Å². The molecule has 0 bridgehead atoms. The van der Waals surface area contributed by atoms with Crippen LogP contribution >= 0.6 is 0 Å². The molecule has 0 saturated carbocycles. The zero-order chi connectivity index (χ0) is 26.2. The third-order valence-electron chi connectivity index (χ3n) is 6.17. The lowest BCUT2D eigenvalue weighted by molar-refractivity contribution is 0.321. The minimum Gasteiger partial charge on any atom is -0.324 e. The Bertz CT molecular complexity index is 953. The van der Waals surface area contributed by atoms with Gasteiger partial charge in [-0.25, -0.2) is 4.39 Å². The summed E-state index contributed by atoms with van der Waals surface area (Å²) < 4.78 is 12.1. The Kier molecular flexibility index (Phi) is 13.7. The van der Waals surface area contributed by atoms with Gasteiger partial charge in [-0.3, -0.25) is 4.98 Å². The molecule has 1 aromatic heterocycles. The zero-order valence-corrected chi connectivity index (χ0v) is 22.1. The SMILES string of the molecule is C=CCCCc1ccncc1.CN1CCC(F)C1.CNC(c1ccccc1)c1ccc(C(C)N)cc1. The summed E-state index contributed by atoms with van der Waals surface area (Å²) >= 11 is 0. The van der Waals surface area contributed by atoms with Crippen LogP contribution in [0.3, 0.4) is 0 Å². The lowest BCUT2D eigenvalue weighted by atomic mass is 9.97. The number of nitrogens with zero attached hydrogens (tertiary/aromatic N) is 2. The first-order valence-electron chi connectivity index (χ1n) is 12.8. The molecular formula is C31H43FN4. The molecule has 1 aliphatic heterocycles. The van der Waals surface area contributed by atoms with Crippen LogP contribution in [0.25, 0.3) is 0 Å². The van der Waals surface area contributed by atoms with Gasteiger partial charge in [0.1, 0.15) is 6.17 Å². The molecule has 4 nitrogen and oxygen atoms in total. The summed E-state index contributed by atoms with van der Waals surface area (Å²) in [6, 6.07) is 23.4. The molecule has 3 aromatic rings. The standard InChI is InChI=1S/C16H20N2.C10H13N.C5H10FN/c1-12(17)13-8-10-15(11-9-13)16(18-2)14-6-4-3-5-7-14;1-2-3-4-5-10-6-8-11-9-7-10;1-7-3-2-5(6)4-7/h3-12,16,18H,17H2,1-2H3;2,6-9H,1,3-5H2;5H,2-4H2,1H3. The van der Waals surface area contributed by atoms with Gasteiger partial charge in [-0.1, -0.05) is 60.7 Å². The molecule has 4 rings (SSSR count). The summed E-state index contributed by atoms with van der Waals surface area (Å²) in [5.74, 6) is 0. The number of benzene rings is 2. The van der Waals surface area contributed by atoms with E-state index in [0.29, 0.717) is 6.54 Å². The van der Waals surface area contributed by atoms with Gasteiger partial charge in [0.15, 0.2) is 0 Å². The van der Waals surface area contributed by atoms with E-state index in [-0.39, 0.29) is 12.1 Å². The van der Waals surface area contributed by atoms with Gasteiger partial charge in [0.2, 0.25) is 0 Å². The van der Waals surface area contributed by atoms with Gasteiger partial charge in [0.25, 0.3) is 0 Å². The van der Waals surface area contributed by atoms with E-state index in [1.807, 2.05) is 50.5 Å². The number of pyridine rings is 1. The number of halogens is 1. The molecule has 5 heteroatoms. The van der Waals surface area contributed by atoms with Crippen LogP contribution in [-0.4, -0.2) is 43.2 Å². The Morgan fingerprint density at radius 3 is 2.14 bits per heavy atom. The Balaban J connectivity index is 0.000000214. The van der Waals surface area contributed by atoms with Gasteiger partial charge in [-0.15, -0.1) is 6.58 Å². The number of nitrogens with one attached hydrogen (secondary N) is 1. The van der Waals surface area contributed by atoms with Crippen LogP contribution < -0.4 is 11.1 Å². The number of hydrogen-bond acceptors (Lipinski definition) is 4. The van der Waals surface area contributed by atoms with Gasteiger partial charge in [-0.2, -0.15) is 0 Å². The molecule has 3 unspecified atom stereocenters. The molecule has 3 N–H and O–H groups in total. The van der Waals surface area contributed by atoms with Crippen molar-refractivity contribution in [2.75, 3.05) is 27.2 Å². The Morgan fingerprint density at radius 2 is 1.67 bits per heavy atom. The van der Waals surface area contributed by atoms with Crippen molar-refractivity contribution in [2.45, 2.75) is 50.9 Å². The number of unbranched alkanes of at least 4 members (excludes halogenated alkanes) is 1. The number of hydrogen-bond donors (Lipinski definition) is 2. The molecule has 194 valence electrons. The maximum atomic E-state index is 12.1. The smallest absolute Gasteiger partial charge is 0.114 e. The lowest BCUT2D eigenvalue weighted by Gasteiger charge is -2.18. The van der Waals surface area contributed by atoms with E-state index < -0.39 is 6.17 Å². The number of rotatable bonds is 8. The van der Waals surface area contributed by atoms with Crippen LogP contribution in [-0.2, 0) is 6.42 Å². The van der Waals surface area contributed by atoms with Crippen LogP contribution in [0.4, 0.5) is 4.39 Å². The molecule has 2 heterocycles. The summed E-state index contributed by atoms with van der Waals surface area (Å²) in [7, 11) is 3.93. The molecule has 2 aromatic carbocycles. The maximum Gasteiger partial charge on any atom is 0.114 e. The third kappa shape index (κ3) is 10.8. The fourth-order valence-electron chi connectivity index (χ4n) is 4.04. The summed E-state index contributed by atoms with van der Waals surface area (Å²) in [4.78, 5) is 5.96. The van der Waals surface area contributed by atoms with Crippen molar-refractivity contribution >= 4 is 0 Å². The van der Waals surface area contributed by atoms with Crippen LogP contribution in [0.2, 0.25) is 0 Å². The van der Waals surface area contributed by atoms with Crippen molar-refractivity contribution in [3.63, 3.8) is 0 Å². The first kappa shape index (κ1) is 29.4. The highest BCUT2D eigenvalue weighted by Gasteiger charge is 2.17. The average molecular weight is 491 g/mol. The number of allylic oxidation sites excluding steroid dienone is 1. The van der Waals surface area contributed by atoms with Crippen molar-refractivity contribution in [2.24, 2.45) is 5.73 Å². The monoisotopic (exact) mass is 490 g/mol. The molecule has 1 saturated heterocycles. The summed E-state index contributed by atoms with van der Waals surface area (Å²) in [6.07, 6.45) is 9.24. The molecule has 0 amide bonds. The number of aryl methyl sites for hydroxylation is 1. The highest BCUT2D eigenvalue weighted by molar-refractivity contribution is 5.34. The predicted octanol–water partition coefficient (Wildman–Crippen LogP) is 6.27. The summed E-state index contributed by atoms with van der Waals surface area (Å²) in [6.45, 7) is 7.25. The van der Waals surface area contributed by atoms with Gasteiger partial charge >= 0.3 is 0 Å². The van der Waals surface area contributed by atoms with Crippen molar-refractivity contribution in [1.82, 2.24) is 15.2 Å². The number of alkyl halides is 1. The predicted molar refractivity (Wildman–Crippen MR) is 151 cm³/mol. The molecule has 1 fully saturated rings. The Hall–Kier alpha value is -2.86. The molecule has 0 spiro atoms. The topological polar surface area (TPSA) is 54.2 Å². The summed E-state index contributed by atoms with van der Waals surface area (Å²) in [5.41, 5.74) is 10.9. The van der Waals surface area contributed by atoms with Gasteiger partial charge in [-0.05, 0) is 81.1 Å². The largest absolute Gasteiger partial charge is 0.324 e. The number of likely N-dealkylation sites (tertiary alicyclic amines) is 1. The van der Waals surface area contributed by atoms with Crippen molar-refractivity contribution in [1.29, 1.82) is 0 Å². The number of nitrogens with two attached hydrogens (primary N) is 1. The molecule has 36 heavy (non-hydrogen) atoms. The van der Waals surface area contributed by atoms with Crippen molar-refractivity contribution in [3.8, 4) is 0 Å². The zero-order valence-electron chi connectivity index (χ0n) is 22.1. The fourth-order valence-corrected chi connectivity index (χ4v) is 4.04. The normalized spacial score (nSPS) is 16.6. The minimum atomic E-state index is -0.551. The molecule has 3 atom stereocenters. The first-order valence-corrected chi connectivity index (χ1v) is 12.8. The quantitative estimate of drug-likeness (QED) is 0.289. The van der Waals surface area contributed by atoms with E-state index in [4.69, 9.17) is 5.73 Å². The van der Waals surface area contributed by atoms with Gasteiger partial charge in [0, 0.05) is 31.5 Å². The second-order valence-electron chi connectivity index (χ2n) is 9.27. The average Bonchev–Trinajstić information content (AvgIpc) is 3.29. The second kappa shape index (κ2) is 16.7. The fraction of sp³-hybridized carbons (Fsp3) is 0.387. The highest BCUT2D eigenvalue weighted by Crippen LogP contribution is 2.22. The van der Waals surface area contributed by atoms with Gasteiger partial charge < -0.3 is 16.0 Å². The molecule has 1 aliphatic rings. The number of aromatic nitrogens is 1. The van der Waals surface area contributed by atoms with E-state index in [1.54, 1.807) is 0 Å². The Labute approximate surface area is 217 Å². The van der Waals surface area contributed by atoms with Gasteiger partial charge in [0.05, 0.1) is 6.04 Å². The van der Waals surface area contributed by atoms with E-state index in [2.05, 4.69) is 77.5 Å². The summed E-state index contributed by atoms with van der Waals surface area (Å²) in [5, 5.41) is 3.35. The van der Waals surface area contributed by atoms with Crippen molar-refractivity contribution in [3.05, 3.63) is 114 Å². The van der Waals surface area contributed by atoms with Crippen LogP contribution in [0.5, 0.6) is 0 Å². The van der Waals surface area contributed by atoms with Crippen LogP contribution in [0.15, 0.2) is 91.8 Å². The van der Waals surface area contributed by atoms with E-state index in [0.717, 1.165) is 25.8 Å². The van der Waals surface area contributed by atoms with E-state index >= 15 is 0 Å². The lowest BCUT2D eigenvalue weighted by Crippen LogP contribution is -2.17. The Morgan fingerprint density at radius 1 is 1.06 bits per heavy atom. The van der Waals surface area contributed by atoms with Crippen LogP contribution in [0.1, 0.15) is 60.5 Å². The highest BCUT2D eigenvalue weighted by atomic mass is 19.1. The van der Waals surface area contributed by atoms with Crippen molar-refractivity contribution < 1.29 is 4.39 Å². The molecular weight excluding hydrogens is 447 g/mol. The third-order valence-corrected chi connectivity index (χ3v) is 6.17. The molecule has 0 aliphatic carbocycles. The first-order chi connectivity index (χ1) is 17.4. The second-order valence-corrected chi connectivity index (χ2v) is 9.27. The van der Waals surface area contributed by atoms with E-state index in [9.17, 15) is 4.39 Å².